The van der Waals surface area contributed by atoms with Gasteiger partial charge in [0.05, 0.1) is 23.1 Å². The molecule has 2 aromatic carbocycles. The van der Waals surface area contributed by atoms with Crippen LogP contribution in [-0.2, 0) is 13.1 Å². The van der Waals surface area contributed by atoms with Gasteiger partial charge in [0.15, 0.2) is 0 Å². The molecule has 3 heteroatoms. The highest BCUT2D eigenvalue weighted by atomic mass is 15.2. The Labute approximate surface area is 117 Å². The summed E-state index contributed by atoms with van der Waals surface area (Å²) in [6.07, 6.45) is 1.76. The summed E-state index contributed by atoms with van der Waals surface area (Å²) < 4.78 is 0. The molecule has 0 radical (unpaired) electrons. The minimum absolute atomic E-state index is 0.747. The lowest BCUT2D eigenvalue weighted by Gasteiger charge is -2.21. The number of hydrogen-bond donors (Lipinski definition) is 1. The van der Waals surface area contributed by atoms with Crippen molar-refractivity contribution in [2.45, 2.75) is 13.1 Å². The second-order valence-electron chi connectivity index (χ2n) is 5.20. The molecule has 0 unspecified atom stereocenters. The van der Waals surface area contributed by atoms with Crippen molar-refractivity contribution < 1.29 is 0 Å². The zero-order valence-electron chi connectivity index (χ0n) is 11.1. The molecule has 1 aromatic heterocycles. The third kappa shape index (κ3) is 1.63. The molecule has 3 aromatic rings. The van der Waals surface area contributed by atoms with Gasteiger partial charge in [-0.1, -0.05) is 42.5 Å². The molecule has 3 nitrogen and oxygen atoms in total. The van der Waals surface area contributed by atoms with Crippen LogP contribution in [0.15, 0.2) is 54.7 Å². The van der Waals surface area contributed by atoms with E-state index in [1.54, 1.807) is 6.20 Å². The number of pyridine rings is 1. The highest BCUT2D eigenvalue weighted by Crippen LogP contribution is 2.36. The Morgan fingerprint density at radius 1 is 0.900 bits per heavy atom. The Morgan fingerprint density at radius 2 is 1.55 bits per heavy atom. The fraction of sp³-hybridized carbons (Fsp3) is 0.118. The molecule has 1 aliphatic rings. The van der Waals surface area contributed by atoms with Gasteiger partial charge in [-0.25, -0.2) is 0 Å². The van der Waals surface area contributed by atoms with E-state index < -0.39 is 0 Å². The number of fused-ring (bicyclic) bond motifs is 2. The lowest BCUT2D eigenvalue weighted by molar-refractivity contribution is 0.886. The average molecular weight is 261 g/mol. The van der Waals surface area contributed by atoms with E-state index in [0.29, 0.717) is 0 Å². The first kappa shape index (κ1) is 11.3. The van der Waals surface area contributed by atoms with Crippen LogP contribution in [0.25, 0.3) is 10.9 Å². The number of nitrogens with two attached hydrogens (primary N) is 1. The molecule has 0 amide bonds. The van der Waals surface area contributed by atoms with E-state index in [4.69, 9.17) is 5.73 Å². The van der Waals surface area contributed by atoms with Crippen LogP contribution in [0.2, 0.25) is 0 Å². The minimum Gasteiger partial charge on any atom is -0.396 e. The minimum atomic E-state index is 0.747. The SMILES string of the molecule is Nc1cnc2ccccc2c1N1Cc2ccccc2C1. The van der Waals surface area contributed by atoms with E-state index >= 15 is 0 Å². The molecule has 2 N–H and O–H groups in total. The fourth-order valence-electron chi connectivity index (χ4n) is 2.99. The Kier molecular flexibility index (Phi) is 2.39. The average Bonchev–Trinajstić information content (AvgIpc) is 2.90. The van der Waals surface area contributed by atoms with Crippen molar-refractivity contribution in [3.8, 4) is 0 Å². The molecule has 2 heterocycles. The molecule has 0 spiro atoms. The van der Waals surface area contributed by atoms with Crippen LogP contribution in [0.1, 0.15) is 11.1 Å². The van der Waals surface area contributed by atoms with Crippen LogP contribution in [0.4, 0.5) is 11.4 Å². The lowest BCUT2D eigenvalue weighted by atomic mass is 10.1. The van der Waals surface area contributed by atoms with Crippen molar-refractivity contribution in [3.63, 3.8) is 0 Å². The monoisotopic (exact) mass is 261 g/mol. The molecular formula is C17H15N3. The van der Waals surface area contributed by atoms with Gasteiger partial charge in [-0.2, -0.15) is 0 Å². The summed E-state index contributed by atoms with van der Waals surface area (Å²) in [4.78, 5) is 6.75. The highest BCUT2D eigenvalue weighted by molar-refractivity contribution is 5.97. The van der Waals surface area contributed by atoms with Crippen LogP contribution in [0.5, 0.6) is 0 Å². The number of benzene rings is 2. The summed E-state index contributed by atoms with van der Waals surface area (Å²) in [6.45, 7) is 1.82. The Balaban J connectivity index is 1.86. The molecule has 4 rings (SSSR count). The normalized spacial score (nSPS) is 13.7. The van der Waals surface area contributed by atoms with Crippen molar-refractivity contribution in [2.24, 2.45) is 0 Å². The number of nitrogen functional groups attached to an aromatic ring is 1. The third-order valence-corrected chi connectivity index (χ3v) is 3.93. The smallest absolute Gasteiger partial charge is 0.0745 e. The van der Waals surface area contributed by atoms with Gasteiger partial charge < -0.3 is 10.6 Å². The molecule has 98 valence electrons. The van der Waals surface area contributed by atoms with Gasteiger partial charge in [0.2, 0.25) is 0 Å². The second-order valence-corrected chi connectivity index (χ2v) is 5.20. The van der Waals surface area contributed by atoms with Crippen molar-refractivity contribution >= 4 is 22.3 Å². The van der Waals surface area contributed by atoms with Gasteiger partial charge in [0.25, 0.3) is 0 Å². The lowest BCUT2D eigenvalue weighted by Crippen LogP contribution is -2.16. The Hall–Kier alpha value is -2.55. The number of para-hydroxylation sites is 1. The summed E-state index contributed by atoms with van der Waals surface area (Å²) in [5, 5.41) is 1.13. The summed E-state index contributed by atoms with van der Waals surface area (Å²) >= 11 is 0. The first-order chi connectivity index (χ1) is 9.83. The van der Waals surface area contributed by atoms with E-state index in [1.165, 1.54) is 11.1 Å². The van der Waals surface area contributed by atoms with Gasteiger partial charge in [-0.3, -0.25) is 4.98 Å². The van der Waals surface area contributed by atoms with E-state index in [-0.39, 0.29) is 0 Å². The summed E-state index contributed by atoms with van der Waals surface area (Å²) in [5.74, 6) is 0. The molecular weight excluding hydrogens is 246 g/mol. The number of rotatable bonds is 1. The maximum atomic E-state index is 6.20. The predicted molar refractivity (Wildman–Crippen MR) is 82.5 cm³/mol. The molecule has 20 heavy (non-hydrogen) atoms. The first-order valence-electron chi connectivity index (χ1n) is 6.78. The van der Waals surface area contributed by atoms with Crippen LogP contribution in [-0.4, -0.2) is 4.98 Å². The largest absolute Gasteiger partial charge is 0.396 e. The second kappa shape index (κ2) is 4.23. The van der Waals surface area contributed by atoms with Crippen molar-refractivity contribution in [1.82, 2.24) is 4.98 Å². The molecule has 0 bridgehead atoms. The standard InChI is InChI=1S/C17H15N3/c18-15-9-19-16-8-4-3-7-14(16)17(15)20-10-12-5-1-2-6-13(12)11-20/h1-9H,10-11,18H2. The zero-order chi connectivity index (χ0) is 13.5. The Bertz CT molecular complexity index is 770. The molecule has 0 fully saturated rings. The van der Waals surface area contributed by atoms with E-state index in [1.807, 2.05) is 18.2 Å². The summed E-state index contributed by atoms with van der Waals surface area (Å²) in [5.41, 5.74) is 11.8. The van der Waals surface area contributed by atoms with Gasteiger partial charge in [-0.15, -0.1) is 0 Å². The zero-order valence-corrected chi connectivity index (χ0v) is 11.1. The van der Waals surface area contributed by atoms with Crippen LogP contribution >= 0.6 is 0 Å². The molecule has 0 atom stereocenters. The predicted octanol–water partition coefficient (Wildman–Crippen LogP) is 3.34. The highest BCUT2D eigenvalue weighted by Gasteiger charge is 2.22. The number of anilines is 2. The molecule has 0 saturated heterocycles. The van der Waals surface area contributed by atoms with E-state index in [2.05, 4.69) is 40.2 Å². The topological polar surface area (TPSA) is 42.1 Å². The maximum Gasteiger partial charge on any atom is 0.0745 e. The van der Waals surface area contributed by atoms with Gasteiger partial charge >= 0.3 is 0 Å². The van der Waals surface area contributed by atoms with Crippen LogP contribution in [0, 0.1) is 0 Å². The fourth-order valence-corrected chi connectivity index (χ4v) is 2.99. The first-order valence-corrected chi connectivity index (χ1v) is 6.78. The molecule has 0 saturated carbocycles. The van der Waals surface area contributed by atoms with Crippen LogP contribution in [0.3, 0.4) is 0 Å². The molecule has 1 aliphatic heterocycles. The van der Waals surface area contributed by atoms with E-state index in [9.17, 15) is 0 Å². The van der Waals surface area contributed by atoms with Gasteiger partial charge in [-0.05, 0) is 17.2 Å². The van der Waals surface area contributed by atoms with Crippen molar-refractivity contribution in [2.75, 3.05) is 10.6 Å². The molecule has 0 aliphatic carbocycles. The quantitative estimate of drug-likeness (QED) is 0.730. The van der Waals surface area contributed by atoms with Crippen molar-refractivity contribution in [3.05, 3.63) is 65.9 Å². The van der Waals surface area contributed by atoms with E-state index in [0.717, 1.165) is 35.4 Å². The Morgan fingerprint density at radius 3 is 2.30 bits per heavy atom. The maximum absolute atomic E-state index is 6.20. The number of nitrogens with zero attached hydrogens (tertiary/aromatic N) is 2. The summed E-state index contributed by atoms with van der Waals surface area (Å²) in [6, 6.07) is 16.7. The van der Waals surface area contributed by atoms with Crippen LogP contribution < -0.4 is 10.6 Å². The van der Waals surface area contributed by atoms with Gasteiger partial charge in [0.1, 0.15) is 0 Å². The summed E-state index contributed by atoms with van der Waals surface area (Å²) in [7, 11) is 0. The third-order valence-electron chi connectivity index (χ3n) is 3.93. The van der Waals surface area contributed by atoms with Gasteiger partial charge in [0, 0.05) is 18.5 Å². The number of aromatic nitrogens is 1. The number of hydrogen-bond acceptors (Lipinski definition) is 3. The van der Waals surface area contributed by atoms with Crippen molar-refractivity contribution in [1.29, 1.82) is 0 Å².